The van der Waals surface area contributed by atoms with Crippen molar-refractivity contribution in [2.45, 2.75) is 63.2 Å². The minimum absolute atomic E-state index is 0.0147. The lowest BCUT2D eigenvalue weighted by Crippen LogP contribution is -2.48. The second-order valence-electron chi connectivity index (χ2n) is 12.6. The SMILES string of the molecule is COC(=O)c1ccc(C(C)(F)F)cc1N=S.NC1Cc2ccccc2C1.O=C1c2ccc(C(F)(F)F)cc2CC(=S)N1C1Cc2ccccc2C1. The second-order valence-corrected chi connectivity index (χ2v) is 13.2. The number of fused-ring (bicyclic) bond motifs is 3. The summed E-state index contributed by atoms with van der Waals surface area (Å²) in [6, 6.07) is 23.6. The van der Waals surface area contributed by atoms with Crippen molar-refractivity contribution in [2.75, 3.05) is 7.11 Å². The first-order valence-corrected chi connectivity index (χ1v) is 16.8. The fourth-order valence-corrected chi connectivity index (χ4v) is 7.00. The zero-order valence-corrected chi connectivity index (χ0v) is 29.3. The van der Waals surface area contributed by atoms with Gasteiger partial charge in [-0.05, 0) is 83.8 Å². The number of methoxy groups -OCH3 is 1. The molecule has 0 unspecified atom stereocenters. The fourth-order valence-electron chi connectivity index (χ4n) is 6.46. The predicted molar refractivity (Wildman–Crippen MR) is 190 cm³/mol. The molecule has 1 heterocycles. The lowest BCUT2D eigenvalue weighted by Gasteiger charge is -2.34. The standard InChI is InChI=1S/C19H14F3NOS.C10H9F2NO2S.C9H11N/c20-19(21,22)14-5-6-16-13(7-14)10-17(25)23(18(16)24)15-8-11-3-1-2-4-12(11)9-15;1-10(11,12)6-3-4-7(9(14)15-2)8(5-6)13-16;10-9-5-7-3-1-2-4-8(7)6-9/h1-7,15H,8-10H2;3-5H,1-2H3;1-4,9H,5-6,10H2. The lowest BCUT2D eigenvalue weighted by molar-refractivity contribution is -0.137. The van der Waals surface area contributed by atoms with Gasteiger partial charge in [0.25, 0.3) is 11.8 Å². The van der Waals surface area contributed by atoms with E-state index in [9.17, 15) is 31.5 Å². The Morgan fingerprint density at radius 1 is 0.824 bits per heavy atom. The van der Waals surface area contributed by atoms with Crippen LogP contribution in [0.5, 0.6) is 0 Å². The molecule has 0 saturated heterocycles. The third-order valence-electron chi connectivity index (χ3n) is 8.98. The van der Waals surface area contributed by atoms with Crippen LogP contribution in [0, 0.1) is 0 Å². The van der Waals surface area contributed by atoms with Crippen LogP contribution in [0.15, 0.2) is 89.3 Å². The number of carbonyl (C=O) groups excluding carboxylic acids is 2. The van der Waals surface area contributed by atoms with E-state index in [1.165, 1.54) is 41.5 Å². The Morgan fingerprint density at radius 3 is 1.84 bits per heavy atom. The lowest BCUT2D eigenvalue weighted by atomic mass is 9.94. The molecule has 0 spiro atoms. The second kappa shape index (κ2) is 15.4. The van der Waals surface area contributed by atoms with E-state index in [2.05, 4.69) is 45.8 Å². The highest BCUT2D eigenvalue weighted by Crippen LogP contribution is 2.35. The molecule has 1 amide bonds. The summed E-state index contributed by atoms with van der Waals surface area (Å²) in [4.78, 5) is 26.1. The Morgan fingerprint density at radius 2 is 1.35 bits per heavy atom. The molecular weight excluding hydrogens is 706 g/mol. The van der Waals surface area contributed by atoms with Crippen molar-refractivity contribution in [1.29, 1.82) is 0 Å². The highest BCUT2D eigenvalue weighted by molar-refractivity contribution is 7.80. The van der Waals surface area contributed by atoms with E-state index >= 15 is 0 Å². The highest BCUT2D eigenvalue weighted by Gasteiger charge is 2.38. The van der Waals surface area contributed by atoms with Crippen molar-refractivity contribution < 1.29 is 36.3 Å². The summed E-state index contributed by atoms with van der Waals surface area (Å²) in [7, 11) is 1.19. The summed E-state index contributed by atoms with van der Waals surface area (Å²) < 4.78 is 72.5. The molecule has 4 aromatic rings. The maximum absolute atomic E-state index is 13.0. The minimum atomic E-state index is -4.43. The Kier molecular flexibility index (Phi) is 11.4. The van der Waals surface area contributed by atoms with Crippen LogP contribution in [0.3, 0.4) is 0 Å². The Labute approximate surface area is 303 Å². The van der Waals surface area contributed by atoms with E-state index < -0.39 is 23.6 Å². The molecule has 0 fully saturated rings. The number of alkyl halides is 5. The number of ether oxygens (including phenoxy) is 1. The van der Waals surface area contributed by atoms with Crippen LogP contribution >= 0.6 is 12.2 Å². The molecule has 3 aliphatic rings. The van der Waals surface area contributed by atoms with E-state index in [1.54, 1.807) is 4.90 Å². The number of hydrogen-bond acceptors (Lipinski definition) is 7. The van der Waals surface area contributed by atoms with E-state index in [-0.39, 0.29) is 35.2 Å². The predicted octanol–water partition coefficient (Wildman–Crippen LogP) is 8.26. The van der Waals surface area contributed by atoms with Gasteiger partial charge in [-0.15, -0.1) is 0 Å². The van der Waals surface area contributed by atoms with Gasteiger partial charge in [-0.1, -0.05) is 66.8 Å². The number of amides is 1. The molecule has 2 N–H and O–H groups in total. The fraction of sp³-hybridized carbons (Fsp3) is 0.289. The number of carbonyl (C=O) groups is 2. The van der Waals surface area contributed by atoms with Crippen molar-refractivity contribution in [1.82, 2.24) is 4.90 Å². The number of nitrogens with zero attached hydrogens (tertiary/aromatic N) is 2. The number of esters is 1. The number of rotatable bonds is 4. The van der Waals surface area contributed by atoms with Crippen LogP contribution in [0.2, 0.25) is 0 Å². The van der Waals surface area contributed by atoms with Gasteiger partial charge >= 0.3 is 12.1 Å². The molecular formula is C38H34F5N3O3S2. The summed E-state index contributed by atoms with van der Waals surface area (Å²) in [5, 5.41) is 0. The molecule has 0 atom stereocenters. The molecule has 0 aromatic heterocycles. The topological polar surface area (TPSA) is 85.0 Å². The molecule has 6 nitrogen and oxygen atoms in total. The maximum Gasteiger partial charge on any atom is 0.416 e. The van der Waals surface area contributed by atoms with Gasteiger partial charge in [0, 0.05) is 49.0 Å². The van der Waals surface area contributed by atoms with E-state index in [0.717, 1.165) is 56.9 Å². The molecule has 1 aliphatic heterocycles. The van der Waals surface area contributed by atoms with Crippen molar-refractivity contribution >= 4 is 47.2 Å². The number of nitrogens with two attached hydrogens (primary N) is 1. The molecule has 266 valence electrons. The number of halogens is 5. The molecule has 0 radical (unpaired) electrons. The minimum Gasteiger partial charge on any atom is -0.465 e. The third kappa shape index (κ3) is 8.71. The van der Waals surface area contributed by atoms with Crippen molar-refractivity contribution in [3.8, 4) is 0 Å². The third-order valence-corrected chi connectivity index (χ3v) is 9.52. The molecule has 2 aliphatic carbocycles. The summed E-state index contributed by atoms with van der Waals surface area (Å²) in [5.41, 5.74) is 10.8. The summed E-state index contributed by atoms with van der Waals surface area (Å²) >= 11 is 9.82. The quantitative estimate of drug-likeness (QED) is 0.129. The smallest absolute Gasteiger partial charge is 0.416 e. The van der Waals surface area contributed by atoms with Gasteiger partial charge in [-0.2, -0.15) is 17.5 Å². The Balaban J connectivity index is 0.000000165. The van der Waals surface area contributed by atoms with Gasteiger partial charge in [0.2, 0.25) is 0 Å². The normalized spacial score (nSPS) is 15.5. The van der Waals surface area contributed by atoms with Crippen LogP contribution < -0.4 is 5.73 Å². The number of thiocarbonyl (C=S) groups is 1. The molecule has 13 heteroatoms. The molecule has 0 bridgehead atoms. The average Bonchev–Trinajstić information content (AvgIpc) is 3.69. The first-order chi connectivity index (χ1) is 24.1. The van der Waals surface area contributed by atoms with Crippen LogP contribution in [0.4, 0.5) is 27.6 Å². The zero-order chi connectivity index (χ0) is 37.1. The Hall–Kier alpha value is -4.46. The number of benzene rings is 4. The highest BCUT2D eigenvalue weighted by atomic mass is 32.1. The van der Waals surface area contributed by atoms with Crippen LogP contribution in [-0.2, 0) is 61.4 Å². The van der Waals surface area contributed by atoms with E-state index in [1.807, 2.05) is 24.3 Å². The van der Waals surface area contributed by atoms with Gasteiger partial charge in [0.1, 0.15) is 0 Å². The Bertz CT molecular complexity index is 1930. The monoisotopic (exact) mass is 739 g/mol. The van der Waals surface area contributed by atoms with Crippen LogP contribution in [-0.4, -0.2) is 41.0 Å². The molecule has 0 saturated carbocycles. The summed E-state index contributed by atoms with van der Waals surface area (Å²) in [6.07, 6.45) is -0.667. The first-order valence-electron chi connectivity index (χ1n) is 16.0. The van der Waals surface area contributed by atoms with Crippen molar-refractivity contribution in [2.24, 2.45) is 10.1 Å². The van der Waals surface area contributed by atoms with Gasteiger partial charge in [-0.25, -0.2) is 13.6 Å². The van der Waals surface area contributed by atoms with Gasteiger partial charge in [0.15, 0.2) is 0 Å². The van der Waals surface area contributed by atoms with Crippen molar-refractivity contribution in [3.05, 3.63) is 135 Å². The van der Waals surface area contributed by atoms with Gasteiger partial charge in [0.05, 0.1) is 28.9 Å². The van der Waals surface area contributed by atoms with Gasteiger partial charge in [-0.3, -0.25) is 9.69 Å². The van der Waals surface area contributed by atoms with E-state index in [4.69, 9.17) is 18.0 Å². The van der Waals surface area contributed by atoms with Crippen molar-refractivity contribution in [3.63, 3.8) is 0 Å². The number of hydrogen-bond donors (Lipinski definition) is 1. The molecule has 7 rings (SSSR count). The first kappa shape index (κ1) is 37.8. The molecule has 51 heavy (non-hydrogen) atoms. The van der Waals surface area contributed by atoms with E-state index in [0.29, 0.717) is 22.2 Å². The van der Waals surface area contributed by atoms with Gasteiger partial charge < -0.3 is 10.5 Å². The maximum atomic E-state index is 13.0. The summed E-state index contributed by atoms with van der Waals surface area (Å²) in [6.45, 7) is 0.757. The zero-order valence-electron chi connectivity index (χ0n) is 27.7. The average molecular weight is 740 g/mol. The van der Waals surface area contributed by atoms with Crippen LogP contribution in [0.1, 0.15) is 66.6 Å². The largest absolute Gasteiger partial charge is 0.465 e. The summed E-state index contributed by atoms with van der Waals surface area (Å²) in [5.74, 6) is -3.95. The molecule has 4 aromatic carbocycles. The van der Waals surface area contributed by atoms with Crippen LogP contribution in [0.25, 0.3) is 0 Å².